The number of hydrogen-bond donors (Lipinski definition) is 1. The third-order valence-corrected chi connectivity index (χ3v) is 3.76. The second-order valence-corrected chi connectivity index (χ2v) is 5.35. The van der Waals surface area contributed by atoms with Gasteiger partial charge in [0.2, 0.25) is 5.91 Å². The Morgan fingerprint density at radius 1 is 1.40 bits per heavy atom. The third-order valence-electron chi connectivity index (χ3n) is 3.76. The molecule has 1 saturated heterocycles. The molecule has 1 aliphatic heterocycles. The summed E-state index contributed by atoms with van der Waals surface area (Å²) < 4.78 is 4.95. The lowest BCUT2D eigenvalue weighted by Gasteiger charge is -2.17. The SMILES string of the molecule is COCCNCC(=O)N1CCC(Cc2ccccc2)C1. The Morgan fingerprint density at radius 3 is 2.95 bits per heavy atom. The van der Waals surface area contributed by atoms with E-state index in [-0.39, 0.29) is 5.91 Å². The normalized spacial score (nSPS) is 18.4. The molecule has 0 saturated carbocycles. The van der Waals surface area contributed by atoms with Gasteiger partial charge in [0.1, 0.15) is 0 Å². The second-order valence-electron chi connectivity index (χ2n) is 5.35. The van der Waals surface area contributed by atoms with E-state index < -0.39 is 0 Å². The van der Waals surface area contributed by atoms with Crippen LogP contribution in [0.3, 0.4) is 0 Å². The van der Waals surface area contributed by atoms with Crippen molar-refractivity contribution >= 4 is 5.91 Å². The van der Waals surface area contributed by atoms with Gasteiger partial charge in [0.15, 0.2) is 0 Å². The van der Waals surface area contributed by atoms with Gasteiger partial charge in [-0.05, 0) is 24.3 Å². The number of nitrogens with one attached hydrogen (secondary N) is 1. The van der Waals surface area contributed by atoms with Crippen LogP contribution in [-0.2, 0) is 16.0 Å². The summed E-state index contributed by atoms with van der Waals surface area (Å²) in [5.41, 5.74) is 1.37. The van der Waals surface area contributed by atoms with E-state index in [0.717, 1.165) is 32.5 Å². The van der Waals surface area contributed by atoms with Gasteiger partial charge in [-0.3, -0.25) is 4.79 Å². The Kier molecular flexibility index (Phi) is 6.02. The summed E-state index contributed by atoms with van der Waals surface area (Å²) in [5, 5.41) is 3.11. The molecule has 1 aromatic rings. The van der Waals surface area contributed by atoms with E-state index in [1.54, 1.807) is 7.11 Å². The number of amides is 1. The monoisotopic (exact) mass is 276 g/mol. The van der Waals surface area contributed by atoms with E-state index in [4.69, 9.17) is 4.74 Å². The quantitative estimate of drug-likeness (QED) is 0.764. The van der Waals surface area contributed by atoms with Gasteiger partial charge in [-0.25, -0.2) is 0 Å². The molecule has 1 heterocycles. The van der Waals surface area contributed by atoms with Gasteiger partial charge in [-0.15, -0.1) is 0 Å². The maximum atomic E-state index is 12.0. The number of likely N-dealkylation sites (tertiary alicyclic amines) is 1. The van der Waals surface area contributed by atoms with Crippen molar-refractivity contribution in [2.24, 2.45) is 5.92 Å². The van der Waals surface area contributed by atoms with Crippen LogP contribution in [0, 0.1) is 5.92 Å². The number of hydrogen-bond acceptors (Lipinski definition) is 3. The summed E-state index contributed by atoms with van der Waals surface area (Å²) >= 11 is 0. The van der Waals surface area contributed by atoms with E-state index in [1.807, 2.05) is 11.0 Å². The predicted octanol–water partition coefficient (Wildman–Crippen LogP) is 1.31. The molecule has 110 valence electrons. The van der Waals surface area contributed by atoms with Crippen LogP contribution in [0.5, 0.6) is 0 Å². The number of rotatable bonds is 7. The van der Waals surface area contributed by atoms with Crippen molar-refractivity contribution in [2.45, 2.75) is 12.8 Å². The Hall–Kier alpha value is -1.39. The summed E-state index contributed by atoms with van der Waals surface area (Å²) in [6.07, 6.45) is 2.18. The molecule has 1 atom stereocenters. The Bertz CT molecular complexity index is 408. The largest absolute Gasteiger partial charge is 0.383 e. The zero-order chi connectivity index (χ0) is 14.2. The molecular weight excluding hydrogens is 252 g/mol. The molecule has 20 heavy (non-hydrogen) atoms. The molecule has 1 amide bonds. The number of benzene rings is 1. The van der Waals surface area contributed by atoms with Crippen molar-refractivity contribution in [2.75, 3.05) is 39.9 Å². The van der Waals surface area contributed by atoms with Crippen molar-refractivity contribution in [1.82, 2.24) is 10.2 Å². The van der Waals surface area contributed by atoms with E-state index in [1.165, 1.54) is 5.56 Å². The molecule has 0 radical (unpaired) electrons. The fourth-order valence-electron chi connectivity index (χ4n) is 2.65. The van der Waals surface area contributed by atoms with Crippen LogP contribution in [0.2, 0.25) is 0 Å². The highest BCUT2D eigenvalue weighted by molar-refractivity contribution is 5.78. The van der Waals surface area contributed by atoms with Gasteiger partial charge >= 0.3 is 0 Å². The standard InChI is InChI=1S/C16H24N2O2/c1-20-10-8-17-12-16(19)18-9-7-15(13-18)11-14-5-3-2-4-6-14/h2-6,15,17H,7-13H2,1H3. The van der Waals surface area contributed by atoms with Crippen molar-refractivity contribution in [3.8, 4) is 0 Å². The molecule has 1 aliphatic rings. The number of methoxy groups -OCH3 is 1. The van der Waals surface area contributed by atoms with Gasteiger partial charge in [-0.1, -0.05) is 30.3 Å². The first-order chi connectivity index (χ1) is 9.79. The molecule has 2 rings (SSSR count). The molecule has 1 fully saturated rings. The van der Waals surface area contributed by atoms with Gasteiger partial charge in [-0.2, -0.15) is 0 Å². The zero-order valence-electron chi connectivity index (χ0n) is 12.2. The predicted molar refractivity (Wildman–Crippen MR) is 79.6 cm³/mol. The van der Waals surface area contributed by atoms with Gasteiger partial charge in [0, 0.05) is 26.7 Å². The number of nitrogens with zero attached hydrogens (tertiary/aromatic N) is 1. The fourth-order valence-corrected chi connectivity index (χ4v) is 2.65. The van der Waals surface area contributed by atoms with E-state index >= 15 is 0 Å². The van der Waals surface area contributed by atoms with Crippen molar-refractivity contribution in [3.63, 3.8) is 0 Å². The average Bonchev–Trinajstić information content (AvgIpc) is 2.93. The topological polar surface area (TPSA) is 41.6 Å². The number of carbonyl (C=O) groups is 1. The highest BCUT2D eigenvalue weighted by atomic mass is 16.5. The highest BCUT2D eigenvalue weighted by Gasteiger charge is 2.25. The minimum atomic E-state index is 0.205. The van der Waals surface area contributed by atoms with Crippen molar-refractivity contribution < 1.29 is 9.53 Å². The van der Waals surface area contributed by atoms with Crippen LogP contribution >= 0.6 is 0 Å². The van der Waals surface area contributed by atoms with Gasteiger partial charge in [0.25, 0.3) is 0 Å². The summed E-state index contributed by atoms with van der Waals surface area (Å²) in [4.78, 5) is 14.0. The Balaban J connectivity index is 1.70. The third kappa shape index (κ3) is 4.62. The molecule has 0 aliphatic carbocycles. The summed E-state index contributed by atoms with van der Waals surface area (Å²) in [7, 11) is 1.66. The van der Waals surface area contributed by atoms with Crippen LogP contribution in [0.1, 0.15) is 12.0 Å². The molecule has 1 aromatic carbocycles. The fraction of sp³-hybridized carbons (Fsp3) is 0.562. The Morgan fingerprint density at radius 2 is 2.20 bits per heavy atom. The van der Waals surface area contributed by atoms with Crippen LogP contribution < -0.4 is 5.32 Å². The van der Waals surface area contributed by atoms with Crippen LogP contribution in [0.4, 0.5) is 0 Å². The molecule has 0 aromatic heterocycles. The van der Waals surface area contributed by atoms with Crippen LogP contribution in [0.25, 0.3) is 0 Å². The maximum Gasteiger partial charge on any atom is 0.236 e. The molecule has 4 nitrogen and oxygen atoms in total. The number of ether oxygens (including phenoxy) is 1. The zero-order valence-corrected chi connectivity index (χ0v) is 12.2. The van der Waals surface area contributed by atoms with E-state index in [2.05, 4.69) is 29.6 Å². The smallest absolute Gasteiger partial charge is 0.236 e. The van der Waals surface area contributed by atoms with Gasteiger partial charge < -0.3 is 15.0 Å². The summed E-state index contributed by atoms with van der Waals surface area (Å²) in [5.74, 6) is 0.803. The molecular formula is C16H24N2O2. The van der Waals surface area contributed by atoms with Crippen LogP contribution in [0.15, 0.2) is 30.3 Å². The molecule has 0 spiro atoms. The molecule has 1 unspecified atom stereocenters. The minimum absolute atomic E-state index is 0.205. The summed E-state index contributed by atoms with van der Waals surface area (Å²) in [6.45, 7) is 3.57. The molecule has 0 bridgehead atoms. The number of carbonyl (C=O) groups excluding carboxylic acids is 1. The van der Waals surface area contributed by atoms with E-state index in [0.29, 0.717) is 19.1 Å². The molecule has 1 N–H and O–H groups in total. The summed E-state index contributed by atoms with van der Waals surface area (Å²) in [6, 6.07) is 10.5. The maximum absolute atomic E-state index is 12.0. The lowest BCUT2D eigenvalue weighted by Crippen LogP contribution is -2.37. The second kappa shape index (κ2) is 8.02. The lowest BCUT2D eigenvalue weighted by molar-refractivity contribution is -0.129. The van der Waals surface area contributed by atoms with Crippen LogP contribution in [-0.4, -0.2) is 50.7 Å². The van der Waals surface area contributed by atoms with E-state index in [9.17, 15) is 4.79 Å². The Labute approximate surface area is 121 Å². The van der Waals surface area contributed by atoms with Crippen molar-refractivity contribution in [3.05, 3.63) is 35.9 Å². The lowest BCUT2D eigenvalue weighted by atomic mass is 9.99. The first-order valence-electron chi connectivity index (χ1n) is 7.31. The molecule has 4 heteroatoms. The van der Waals surface area contributed by atoms with Crippen molar-refractivity contribution in [1.29, 1.82) is 0 Å². The highest BCUT2D eigenvalue weighted by Crippen LogP contribution is 2.20. The first-order valence-corrected chi connectivity index (χ1v) is 7.31. The first kappa shape index (κ1) is 15.0. The average molecular weight is 276 g/mol. The van der Waals surface area contributed by atoms with Gasteiger partial charge in [0.05, 0.1) is 13.2 Å². The minimum Gasteiger partial charge on any atom is -0.383 e.